The monoisotopic (exact) mass is 337 g/mol. The fraction of sp³-hybridized carbons (Fsp3) is 0.235. The highest BCUT2D eigenvalue weighted by molar-refractivity contribution is 8.00. The normalized spacial score (nSPS) is 12.0. The third-order valence-electron chi connectivity index (χ3n) is 3.14. The molecule has 1 amide bonds. The maximum Gasteiger partial charge on any atom is 0.233 e. The lowest BCUT2D eigenvalue weighted by molar-refractivity contribution is -0.120. The van der Waals surface area contributed by atoms with Crippen LogP contribution in [0.3, 0.4) is 0 Å². The molecule has 0 bridgehead atoms. The first-order valence-electron chi connectivity index (χ1n) is 6.99. The van der Waals surface area contributed by atoms with Gasteiger partial charge in [0.25, 0.3) is 0 Å². The van der Waals surface area contributed by atoms with Crippen molar-refractivity contribution in [1.82, 2.24) is 5.32 Å². The van der Waals surface area contributed by atoms with Crippen molar-refractivity contribution in [2.75, 3.05) is 6.54 Å². The van der Waals surface area contributed by atoms with E-state index < -0.39 is 0 Å². The van der Waals surface area contributed by atoms with Gasteiger partial charge in [-0.2, -0.15) is 0 Å². The highest BCUT2D eigenvalue weighted by Crippen LogP contribution is 2.29. The van der Waals surface area contributed by atoms with Crippen molar-refractivity contribution >= 4 is 29.3 Å². The molecule has 2 nitrogen and oxygen atoms in total. The van der Waals surface area contributed by atoms with Gasteiger partial charge in [0, 0.05) is 11.4 Å². The van der Waals surface area contributed by atoms with Gasteiger partial charge in [-0.25, -0.2) is 4.39 Å². The Morgan fingerprint density at radius 2 is 1.91 bits per heavy atom. The standard InChI is InChI=1S/C17H17ClFNOS/c1-12(22-16-5-3-2-4-15(16)18)17(21)20-11-10-13-6-8-14(19)9-7-13/h2-9,12H,10-11H2,1H3,(H,20,21). The summed E-state index contributed by atoms with van der Waals surface area (Å²) in [4.78, 5) is 13.0. The summed E-state index contributed by atoms with van der Waals surface area (Å²) in [6, 6.07) is 13.8. The van der Waals surface area contributed by atoms with E-state index >= 15 is 0 Å². The third kappa shape index (κ3) is 5.04. The fourth-order valence-electron chi connectivity index (χ4n) is 1.91. The average Bonchev–Trinajstić information content (AvgIpc) is 2.51. The van der Waals surface area contributed by atoms with Crippen LogP contribution in [0, 0.1) is 5.82 Å². The van der Waals surface area contributed by atoms with Crippen molar-refractivity contribution < 1.29 is 9.18 Å². The predicted octanol–water partition coefficient (Wildman–Crippen LogP) is 4.32. The van der Waals surface area contributed by atoms with Gasteiger partial charge >= 0.3 is 0 Å². The molecule has 0 fully saturated rings. The molecule has 116 valence electrons. The molecule has 2 aromatic rings. The molecule has 22 heavy (non-hydrogen) atoms. The maximum absolute atomic E-state index is 12.8. The zero-order valence-corrected chi connectivity index (χ0v) is 13.8. The molecule has 5 heteroatoms. The summed E-state index contributed by atoms with van der Waals surface area (Å²) in [5, 5.41) is 3.31. The van der Waals surface area contributed by atoms with Gasteiger partial charge in [0.1, 0.15) is 5.82 Å². The van der Waals surface area contributed by atoms with E-state index in [9.17, 15) is 9.18 Å². The van der Waals surface area contributed by atoms with E-state index in [1.807, 2.05) is 31.2 Å². The summed E-state index contributed by atoms with van der Waals surface area (Å²) >= 11 is 7.52. The van der Waals surface area contributed by atoms with Crippen LogP contribution in [-0.2, 0) is 11.2 Å². The lowest BCUT2D eigenvalue weighted by atomic mass is 10.1. The number of nitrogens with one attached hydrogen (secondary N) is 1. The number of hydrogen-bond donors (Lipinski definition) is 1. The van der Waals surface area contributed by atoms with E-state index in [-0.39, 0.29) is 17.0 Å². The predicted molar refractivity (Wildman–Crippen MR) is 89.9 cm³/mol. The molecule has 0 aliphatic carbocycles. The molecule has 0 heterocycles. The van der Waals surface area contributed by atoms with Crippen molar-refractivity contribution in [3.8, 4) is 0 Å². The summed E-state index contributed by atoms with van der Waals surface area (Å²) < 4.78 is 12.8. The molecular formula is C17H17ClFNOS. The van der Waals surface area contributed by atoms with Crippen LogP contribution >= 0.6 is 23.4 Å². The Labute approximate surface area is 139 Å². The van der Waals surface area contributed by atoms with Gasteiger partial charge in [-0.15, -0.1) is 11.8 Å². The SMILES string of the molecule is CC(Sc1ccccc1Cl)C(=O)NCCc1ccc(F)cc1. The lowest BCUT2D eigenvalue weighted by Gasteiger charge is -2.12. The van der Waals surface area contributed by atoms with E-state index in [4.69, 9.17) is 11.6 Å². The van der Waals surface area contributed by atoms with E-state index in [1.165, 1.54) is 23.9 Å². The van der Waals surface area contributed by atoms with E-state index in [0.717, 1.165) is 10.5 Å². The Kier molecular flexibility index (Phi) is 6.28. The van der Waals surface area contributed by atoms with E-state index in [2.05, 4.69) is 5.32 Å². The number of carbonyl (C=O) groups excluding carboxylic acids is 1. The van der Waals surface area contributed by atoms with Crippen LogP contribution in [0.15, 0.2) is 53.4 Å². The summed E-state index contributed by atoms with van der Waals surface area (Å²) in [5.41, 5.74) is 0.994. The minimum atomic E-state index is -0.252. The Hall–Kier alpha value is -1.52. The number of thioether (sulfide) groups is 1. The highest BCUT2D eigenvalue weighted by atomic mass is 35.5. The highest BCUT2D eigenvalue weighted by Gasteiger charge is 2.15. The van der Waals surface area contributed by atoms with Gasteiger partial charge in [-0.1, -0.05) is 35.9 Å². The van der Waals surface area contributed by atoms with Gasteiger partial charge in [-0.3, -0.25) is 4.79 Å². The van der Waals surface area contributed by atoms with E-state index in [0.29, 0.717) is 18.0 Å². The second kappa shape index (κ2) is 8.20. The van der Waals surface area contributed by atoms with Crippen molar-refractivity contribution in [2.45, 2.75) is 23.5 Å². The smallest absolute Gasteiger partial charge is 0.233 e. The van der Waals surface area contributed by atoms with Crippen LogP contribution in [-0.4, -0.2) is 17.7 Å². The van der Waals surface area contributed by atoms with Gasteiger partial charge in [-0.05, 0) is 43.2 Å². The average molecular weight is 338 g/mol. The van der Waals surface area contributed by atoms with E-state index in [1.54, 1.807) is 12.1 Å². The molecular weight excluding hydrogens is 321 g/mol. The molecule has 0 aliphatic heterocycles. The summed E-state index contributed by atoms with van der Waals surface area (Å²) in [6.07, 6.45) is 0.676. The first-order valence-corrected chi connectivity index (χ1v) is 8.25. The summed E-state index contributed by atoms with van der Waals surface area (Å²) in [5.74, 6) is -0.287. The van der Waals surface area contributed by atoms with Gasteiger partial charge in [0.05, 0.1) is 10.3 Å². The number of benzene rings is 2. The molecule has 1 atom stereocenters. The van der Waals surface area contributed by atoms with Crippen LogP contribution in [0.2, 0.25) is 5.02 Å². The minimum Gasteiger partial charge on any atom is -0.355 e. The molecule has 0 saturated carbocycles. The minimum absolute atomic E-state index is 0.0352. The number of halogens is 2. The number of hydrogen-bond acceptors (Lipinski definition) is 2. The molecule has 0 aliphatic rings. The fourth-order valence-corrected chi connectivity index (χ4v) is 3.09. The number of amides is 1. The third-order valence-corrected chi connectivity index (χ3v) is 4.75. The Morgan fingerprint density at radius 3 is 2.59 bits per heavy atom. The zero-order chi connectivity index (χ0) is 15.9. The first kappa shape index (κ1) is 16.8. The lowest BCUT2D eigenvalue weighted by Crippen LogP contribution is -2.32. The zero-order valence-electron chi connectivity index (χ0n) is 12.2. The van der Waals surface area contributed by atoms with Gasteiger partial charge in [0.2, 0.25) is 5.91 Å². The molecule has 0 aromatic heterocycles. The molecule has 1 N–H and O–H groups in total. The Morgan fingerprint density at radius 1 is 1.23 bits per heavy atom. The van der Waals surface area contributed by atoms with Crippen LogP contribution in [0.5, 0.6) is 0 Å². The molecule has 0 saturated heterocycles. The maximum atomic E-state index is 12.8. The van der Waals surface area contributed by atoms with Crippen LogP contribution < -0.4 is 5.32 Å². The van der Waals surface area contributed by atoms with Crippen molar-refractivity contribution in [3.63, 3.8) is 0 Å². The van der Waals surface area contributed by atoms with Crippen molar-refractivity contribution in [2.24, 2.45) is 0 Å². The van der Waals surface area contributed by atoms with Crippen molar-refractivity contribution in [3.05, 3.63) is 64.9 Å². The number of rotatable bonds is 6. The second-order valence-electron chi connectivity index (χ2n) is 4.86. The Balaban J connectivity index is 1.79. The largest absolute Gasteiger partial charge is 0.355 e. The summed E-state index contributed by atoms with van der Waals surface area (Å²) in [6.45, 7) is 2.37. The first-order chi connectivity index (χ1) is 10.6. The molecule has 0 spiro atoms. The Bertz CT molecular complexity index is 633. The molecule has 1 unspecified atom stereocenters. The van der Waals surface area contributed by atoms with Gasteiger partial charge < -0.3 is 5.32 Å². The topological polar surface area (TPSA) is 29.1 Å². The van der Waals surface area contributed by atoms with Crippen LogP contribution in [0.25, 0.3) is 0 Å². The molecule has 2 rings (SSSR count). The van der Waals surface area contributed by atoms with Crippen LogP contribution in [0.4, 0.5) is 4.39 Å². The summed E-state index contributed by atoms with van der Waals surface area (Å²) in [7, 11) is 0. The number of carbonyl (C=O) groups is 1. The quantitative estimate of drug-likeness (QED) is 0.795. The molecule has 2 aromatic carbocycles. The second-order valence-corrected chi connectivity index (χ2v) is 6.65. The van der Waals surface area contributed by atoms with Crippen LogP contribution in [0.1, 0.15) is 12.5 Å². The molecule has 0 radical (unpaired) electrons. The van der Waals surface area contributed by atoms with Gasteiger partial charge in [0.15, 0.2) is 0 Å². The van der Waals surface area contributed by atoms with Crippen molar-refractivity contribution in [1.29, 1.82) is 0 Å².